The Morgan fingerprint density at radius 2 is 0.432 bits per heavy atom. The molecule has 37 heteroatoms. The molecule has 5 unspecified atom stereocenters. The maximum Gasteiger partial charge on any atom is 0.501 e. The SMILES string of the molecule is O=P(O)(O)OP(=O)(O)OP(=O)(O)OP(=O)(O)OP(=O)(OP(=O)(O)OP(=O)(O)O)OP(=O)(O)OP(=O)(O)O. The maximum absolute atomic E-state index is 12.3. The summed E-state index contributed by atoms with van der Waals surface area (Å²) < 4.78 is 127. The normalized spacial score (nSPS) is 23.4. The molecule has 0 aromatic carbocycles. The van der Waals surface area contributed by atoms with E-state index >= 15 is 0 Å². The molecule has 37 heavy (non-hydrogen) atoms. The third kappa shape index (κ3) is 19.1. The molecule has 28 nitrogen and oxygen atoms in total. The molecule has 0 aromatic rings. The third-order valence-electron chi connectivity index (χ3n) is 1.65. The van der Waals surface area contributed by atoms with E-state index in [1.807, 2.05) is 0 Å². The van der Waals surface area contributed by atoms with Crippen LogP contribution in [0.5, 0.6) is 0 Å². The van der Waals surface area contributed by atoms with Crippen molar-refractivity contribution >= 4 is 70.4 Å². The lowest BCUT2D eigenvalue weighted by atomic mass is 15.7. The second-order valence-corrected chi connectivity index (χ2v) is 18.7. The third-order valence-corrected chi connectivity index (χ3v) is 14.9. The number of hydrogen-bond donors (Lipinski definition) is 11. The summed E-state index contributed by atoms with van der Waals surface area (Å²) in [6.45, 7) is 0. The summed E-state index contributed by atoms with van der Waals surface area (Å²) in [4.78, 5) is 96.1. The Kier molecular flexibility index (Phi) is 12.7. The lowest BCUT2D eigenvalue weighted by molar-refractivity contribution is 0.175. The summed E-state index contributed by atoms with van der Waals surface area (Å²) >= 11 is 0. The van der Waals surface area contributed by atoms with Crippen molar-refractivity contribution < 1.29 is 129 Å². The quantitative estimate of drug-likeness (QED) is 0.0928. The van der Waals surface area contributed by atoms with E-state index in [1.54, 1.807) is 0 Å². The predicted octanol–water partition coefficient (Wildman–Crippen LogP) is 0.00740. The van der Waals surface area contributed by atoms with Crippen molar-refractivity contribution in [2.24, 2.45) is 0 Å². The van der Waals surface area contributed by atoms with E-state index in [0.717, 1.165) is 0 Å². The first-order valence-electron chi connectivity index (χ1n) is 6.76. The first kappa shape index (κ1) is 38.3. The Morgan fingerprint density at radius 3 is 0.649 bits per heavy atom. The van der Waals surface area contributed by atoms with Crippen molar-refractivity contribution in [1.29, 1.82) is 0 Å². The van der Waals surface area contributed by atoms with Gasteiger partial charge < -0.3 is 53.8 Å². The fraction of sp³-hybridized carbons (Fsp3) is 0. The zero-order chi connectivity index (χ0) is 30.2. The molecular weight excluding hydrogens is 727 g/mol. The molecule has 0 saturated heterocycles. The molecule has 11 N–H and O–H groups in total. The summed E-state index contributed by atoms with van der Waals surface area (Å²) in [7, 11) is -58.7. The lowest BCUT2D eigenvalue weighted by Gasteiger charge is -2.23. The van der Waals surface area contributed by atoms with Crippen molar-refractivity contribution in [2.75, 3.05) is 0 Å². The molecule has 0 spiro atoms. The van der Waals surface area contributed by atoms with E-state index < -0.39 is 70.4 Å². The maximum atomic E-state index is 12.3. The Balaban J connectivity index is 6.25. The molecule has 0 fully saturated rings. The summed E-state index contributed by atoms with van der Waals surface area (Å²) in [6.07, 6.45) is 0. The van der Waals surface area contributed by atoms with Crippen LogP contribution in [0.3, 0.4) is 0 Å². The Labute approximate surface area is 200 Å². The van der Waals surface area contributed by atoms with Crippen LogP contribution in [-0.4, -0.2) is 53.8 Å². The van der Waals surface area contributed by atoms with Crippen LogP contribution in [-0.2, 0) is 75.6 Å². The fourth-order valence-corrected chi connectivity index (χ4v) is 12.6. The lowest BCUT2D eigenvalue weighted by Crippen LogP contribution is -2.02. The van der Waals surface area contributed by atoms with Crippen LogP contribution in [0.15, 0.2) is 0 Å². The van der Waals surface area contributed by atoms with E-state index in [-0.39, 0.29) is 0 Å². The average molecular weight is 738 g/mol. The van der Waals surface area contributed by atoms with Gasteiger partial charge in [0.15, 0.2) is 0 Å². The largest absolute Gasteiger partial charge is 0.501 e. The Hall–Kier alpha value is 1.31. The zero-order valence-corrected chi connectivity index (χ0v) is 23.9. The number of hydrogen-bond acceptors (Lipinski definition) is 17. The zero-order valence-electron chi connectivity index (χ0n) is 15.9. The predicted molar refractivity (Wildman–Crippen MR) is 102 cm³/mol. The first-order valence-corrected chi connectivity index (χ1v) is 20.3. The Morgan fingerprint density at radius 1 is 0.270 bits per heavy atom. The molecule has 0 radical (unpaired) electrons. The molecule has 0 bridgehead atoms. The van der Waals surface area contributed by atoms with Crippen molar-refractivity contribution in [2.45, 2.75) is 0 Å². The standard InChI is InChI=1S/H11O28P9/c1-29(2,3)21-32(10,11)24-35(16,17)25-36(18,19)28-37(20,26-33(12,13)22-30(4,5)6)27-34(14,15)23-31(7,8)9/h(H,10,11)(H,12,13)(H,14,15)(H,16,17)(H,18,19)(H2,1,2,3)(H2,4,5,6)(H2,7,8,9). The van der Waals surface area contributed by atoms with Crippen LogP contribution >= 0.6 is 70.4 Å². The summed E-state index contributed by atoms with van der Waals surface area (Å²) in [6, 6.07) is 0. The van der Waals surface area contributed by atoms with Crippen molar-refractivity contribution in [3.63, 3.8) is 0 Å². The highest BCUT2D eigenvalue weighted by Gasteiger charge is 2.54. The van der Waals surface area contributed by atoms with Gasteiger partial charge in [0.1, 0.15) is 0 Å². The first-order chi connectivity index (χ1) is 15.7. The van der Waals surface area contributed by atoms with Crippen LogP contribution in [0.2, 0.25) is 0 Å². The van der Waals surface area contributed by atoms with Gasteiger partial charge in [0, 0.05) is 0 Å². The van der Waals surface area contributed by atoms with Gasteiger partial charge >= 0.3 is 70.4 Å². The molecule has 0 amide bonds. The fourth-order valence-electron chi connectivity index (χ4n) is 1.16. The molecule has 0 saturated carbocycles. The van der Waals surface area contributed by atoms with Crippen LogP contribution in [0, 0.1) is 0 Å². The van der Waals surface area contributed by atoms with Gasteiger partial charge in [-0.3, -0.25) is 0 Å². The van der Waals surface area contributed by atoms with E-state index in [0.29, 0.717) is 0 Å². The summed E-state index contributed by atoms with van der Waals surface area (Å²) in [5.74, 6) is 0. The molecule has 0 aliphatic carbocycles. The van der Waals surface area contributed by atoms with Crippen molar-refractivity contribution in [3.05, 3.63) is 0 Å². The van der Waals surface area contributed by atoms with Crippen LogP contribution in [0.25, 0.3) is 0 Å². The highest BCUT2D eigenvalue weighted by molar-refractivity contribution is 7.76. The van der Waals surface area contributed by atoms with Gasteiger partial charge in [-0.15, -0.1) is 0 Å². The highest BCUT2D eigenvalue weighted by Crippen LogP contribution is 2.80. The van der Waals surface area contributed by atoms with Crippen molar-refractivity contribution in [1.82, 2.24) is 0 Å². The molecule has 0 heterocycles. The van der Waals surface area contributed by atoms with Gasteiger partial charge in [-0.25, -0.2) is 41.1 Å². The monoisotopic (exact) mass is 738 g/mol. The number of phosphoric acid groups is 9. The van der Waals surface area contributed by atoms with Crippen molar-refractivity contribution in [3.8, 4) is 0 Å². The van der Waals surface area contributed by atoms with Crippen LogP contribution in [0.1, 0.15) is 0 Å². The van der Waals surface area contributed by atoms with Gasteiger partial charge in [-0.2, -0.15) is 34.5 Å². The van der Waals surface area contributed by atoms with E-state index in [1.165, 1.54) is 0 Å². The smallest absolute Gasteiger partial charge is 0.302 e. The second-order valence-electron chi connectivity index (χ2n) is 4.91. The van der Waals surface area contributed by atoms with Gasteiger partial charge in [0.05, 0.1) is 0 Å². The van der Waals surface area contributed by atoms with Gasteiger partial charge in [-0.1, -0.05) is 0 Å². The molecule has 0 aliphatic rings. The molecule has 0 rings (SSSR count). The second kappa shape index (κ2) is 12.3. The number of rotatable bonds is 16. The molecule has 5 atom stereocenters. The molecule has 224 valence electrons. The topological polar surface area (TPSA) is 450 Å². The van der Waals surface area contributed by atoms with E-state index in [4.69, 9.17) is 48.9 Å². The highest BCUT2D eigenvalue weighted by atomic mass is 31.3. The summed E-state index contributed by atoms with van der Waals surface area (Å²) in [5.41, 5.74) is 0. The minimum atomic E-state index is -7.10. The molecule has 0 aromatic heterocycles. The minimum Gasteiger partial charge on any atom is -0.302 e. The van der Waals surface area contributed by atoms with Gasteiger partial charge in [0.2, 0.25) is 0 Å². The van der Waals surface area contributed by atoms with Gasteiger partial charge in [-0.05, 0) is 0 Å². The van der Waals surface area contributed by atoms with E-state index in [2.05, 4.69) is 34.5 Å². The summed E-state index contributed by atoms with van der Waals surface area (Å²) in [5, 5.41) is 0. The van der Waals surface area contributed by atoms with E-state index in [9.17, 15) is 46.0 Å². The Bertz CT molecular complexity index is 1200. The molecular formula is H11O28P9. The average Bonchev–Trinajstić information content (AvgIpc) is 2.29. The van der Waals surface area contributed by atoms with Crippen LogP contribution < -0.4 is 0 Å². The van der Waals surface area contributed by atoms with Gasteiger partial charge in [0.25, 0.3) is 0 Å². The van der Waals surface area contributed by atoms with Crippen LogP contribution in [0.4, 0.5) is 0 Å². The molecule has 0 aliphatic heterocycles. The minimum absolute atomic E-state index is 3.01.